The van der Waals surface area contributed by atoms with Crippen LogP contribution in [0.1, 0.15) is 22.3 Å². The van der Waals surface area contributed by atoms with Gasteiger partial charge in [-0.05, 0) is 68.4 Å². The van der Waals surface area contributed by atoms with Gasteiger partial charge in [0.2, 0.25) is 0 Å². The first-order chi connectivity index (χ1) is 26.8. The van der Waals surface area contributed by atoms with Gasteiger partial charge in [-0.25, -0.2) is 15.0 Å². The molecule has 54 heavy (non-hydrogen) atoms. The number of hydrogen-bond acceptors (Lipinski definition) is 4. The lowest BCUT2D eigenvalue weighted by atomic mass is 9.65. The summed E-state index contributed by atoms with van der Waals surface area (Å²) in [5.74, 6) is 3.62. The molecule has 0 unspecified atom stereocenters. The normalized spacial score (nSPS) is 13.1. The number of benzene rings is 8. The van der Waals surface area contributed by atoms with Gasteiger partial charge >= 0.3 is 0 Å². The Balaban J connectivity index is 1.13. The fraction of sp³-hybridized carbons (Fsp3) is 0.0200. The van der Waals surface area contributed by atoms with Gasteiger partial charge in [-0.3, -0.25) is 0 Å². The molecule has 0 bridgehead atoms. The van der Waals surface area contributed by atoms with Crippen LogP contribution in [-0.4, -0.2) is 15.0 Å². The van der Waals surface area contributed by atoms with E-state index >= 15 is 0 Å². The summed E-state index contributed by atoms with van der Waals surface area (Å²) in [5, 5.41) is 2.31. The van der Waals surface area contributed by atoms with E-state index in [2.05, 4.69) is 158 Å². The van der Waals surface area contributed by atoms with E-state index in [0.717, 1.165) is 55.8 Å². The van der Waals surface area contributed by atoms with Gasteiger partial charge in [-0.15, -0.1) is 0 Å². The second-order valence-electron chi connectivity index (χ2n) is 13.9. The predicted octanol–water partition coefficient (Wildman–Crippen LogP) is 12.2. The van der Waals surface area contributed by atoms with Crippen LogP contribution >= 0.6 is 0 Å². The van der Waals surface area contributed by atoms with Crippen molar-refractivity contribution in [1.82, 2.24) is 15.0 Å². The van der Waals surface area contributed by atoms with Crippen molar-refractivity contribution >= 4 is 10.8 Å². The largest absolute Gasteiger partial charge is 0.457 e. The molecule has 1 aromatic heterocycles. The van der Waals surface area contributed by atoms with Gasteiger partial charge in [0.1, 0.15) is 11.5 Å². The standard InChI is InChI=1S/C50H31N3O/c1-2-15-33(16-3-1)47-51-48(36-27-26-32-14-4-5-17-34(32)30-36)53-49(52-47)40-21-7-6-18-37(40)35-28-29-46-44(31-35)50(43-24-12-13-25-45(43)54-46)41-22-10-8-19-38(41)39-20-9-11-23-42(39)50/h1-31H. The van der Waals surface area contributed by atoms with Gasteiger partial charge in [0.25, 0.3) is 0 Å². The van der Waals surface area contributed by atoms with E-state index in [0.29, 0.717) is 17.5 Å². The van der Waals surface area contributed by atoms with Crippen molar-refractivity contribution in [3.8, 4) is 67.9 Å². The number of aromatic nitrogens is 3. The highest BCUT2D eigenvalue weighted by Crippen LogP contribution is 2.62. The van der Waals surface area contributed by atoms with Gasteiger partial charge in [-0.2, -0.15) is 0 Å². The molecule has 252 valence electrons. The number of rotatable bonds is 4. The van der Waals surface area contributed by atoms with E-state index in [1.807, 2.05) is 30.3 Å². The van der Waals surface area contributed by atoms with E-state index < -0.39 is 5.41 Å². The number of para-hydroxylation sites is 1. The van der Waals surface area contributed by atoms with E-state index in [1.165, 1.54) is 27.6 Å². The molecule has 0 fully saturated rings. The first-order valence-electron chi connectivity index (χ1n) is 18.3. The van der Waals surface area contributed by atoms with Crippen molar-refractivity contribution < 1.29 is 4.74 Å². The van der Waals surface area contributed by atoms with E-state index in [1.54, 1.807) is 0 Å². The van der Waals surface area contributed by atoms with Crippen LogP contribution in [0.15, 0.2) is 188 Å². The third-order valence-corrected chi connectivity index (χ3v) is 11.0. The van der Waals surface area contributed by atoms with Gasteiger partial charge in [0.05, 0.1) is 5.41 Å². The molecule has 2 aliphatic rings. The predicted molar refractivity (Wildman–Crippen MR) is 216 cm³/mol. The molecule has 1 spiro atoms. The third-order valence-electron chi connectivity index (χ3n) is 11.0. The molecule has 0 atom stereocenters. The molecule has 0 saturated carbocycles. The van der Waals surface area contributed by atoms with Crippen LogP contribution in [0.2, 0.25) is 0 Å². The minimum atomic E-state index is -0.556. The summed E-state index contributed by atoms with van der Waals surface area (Å²) in [6.45, 7) is 0. The van der Waals surface area contributed by atoms with Crippen molar-refractivity contribution in [2.45, 2.75) is 5.41 Å². The molecule has 11 rings (SSSR count). The van der Waals surface area contributed by atoms with E-state index in [9.17, 15) is 0 Å². The summed E-state index contributed by atoms with van der Waals surface area (Å²) >= 11 is 0. The van der Waals surface area contributed by atoms with E-state index in [4.69, 9.17) is 19.7 Å². The molecule has 4 nitrogen and oxygen atoms in total. The van der Waals surface area contributed by atoms with Crippen molar-refractivity contribution in [3.05, 3.63) is 210 Å². The van der Waals surface area contributed by atoms with Crippen LogP contribution in [0.3, 0.4) is 0 Å². The fourth-order valence-corrected chi connectivity index (χ4v) is 8.62. The Bertz CT molecular complexity index is 2890. The molecule has 2 heterocycles. The average molecular weight is 690 g/mol. The van der Waals surface area contributed by atoms with Crippen LogP contribution in [0, 0.1) is 0 Å². The maximum Gasteiger partial charge on any atom is 0.164 e. The van der Waals surface area contributed by atoms with Crippen molar-refractivity contribution in [1.29, 1.82) is 0 Å². The fourth-order valence-electron chi connectivity index (χ4n) is 8.62. The topological polar surface area (TPSA) is 47.9 Å². The van der Waals surface area contributed by atoms with Crippen LogP contribution < -0.4 is 4.74 Å². The molecule has 1 aliphatic carbocycles. The molecule has 4 heteroatoms. The molecule has 9 aromatic rings. The second kappa shape index (κ2) is 11.9. The van der Waals surface area contributed by atoms with Crippen molar-refractivity contribution in [2.75, 3.05) is 0 Å². The number of fused-ring (bicyclic) bond motifs is 10. The van der Waals surface area contributed by atoms with Crippen LogP contribution in [-0.2, 0) is 5.41 Å². The Morgan fingerprint density at radius 2 is 0.852 bits per heavy atom. The first-order valence-corrected chi connectivity index (χ1v) is 18.3. The Morgan fingerprint density at radius 1 is 0.315 bits per heavy atom. The minimum Gasteiger partial charge on any atom is -0.457 e. The van der Waals surface area contributed by atoms with Crippen molar-refractivity contribution in [2.24, 2.45) is 0 Å². The van der Waals surface area contributed by atoms with Crippen molar-refractivity contribution in [3.63, 3.8) is 0 Å². The molecule has 0 saturated heterocycles. The summed E-state index contributed by atoms with van der Waals surface area (Å²) in [6.07, 6.45) is 0. The summed E-state index contributed by atoms with van der Waals surface area (Å²) in [6, 6.07) is 66.1. The molecular formula is C50H31N3O. The molecule has 0 amide bonds. The number of hydrogen-bond donors (Lipinski definition) is 0. The summed E-state index contributed by atoms with van der Waals surface area (Å²) < 4.78 is 6.73. The minimum absolute atomic E-state index is 0.556. The Labute approximate surface area is 313 Å². The smallest absolute Gasteiger partial charge is 0.164 e. The first kappa shape index (κ1) is 30.5. The molecule has 1 aliphatic heterocycles. The highest BCUT2D eigenvalue weighted by Gasteiger charge is 2.51. The zero-order valence-corrected chi connectivity index (χ0v) is 29.1. The molecule has 8 aromatic carbocycles. The number of ether oxygens (including phenoxy) is 1. The Kier molecular flexibility index (Phi) is 6.73. The molecular weight excluding hydrogens is 659 g/mol. The lowest BCUT2D eigenvalue weighted by Gasteiger charge is -2.39. The van der Waals surface area contributed by atoms with Crippen LogP contribution in [0.25, 0.3) is 67.2 Å². The zero-order valence-electron chi connectivity index (χ0n) is 29.1. The maximum absolute atomic E-state index is 6.73. The Morgan fingerprint density at radius 3 is 1.61 bits per heavy atom. The Hall–Kier alpha value is -7.17. The lowest BCUT2D eigenvalue weighted by molar-refractivity contribution is 0.436. The lowest BCUT2D eigenvalue weighted by Crippen LogP contribution is -2.32. The quantitative estimate of drug-likeness (QED) is 0.185. The highest BCUT2D eigenvalue weighted by molar-refractivity contribution is 5.91. The second-order valence-corrected chi connectivity index (χ2v) is 13.9. The molecule has 0 N–H and O–H groups in total. The third kappa shape index (κ3) is 4.53. The monoisotopic (exact) mass is 689 g/mol. The maximum atomic E-state index is 6.73. The van der Waals surface area contributed by atoms with Gasteiger partial charge in [-0.1, -0.05) is 164 Å². The van der Waals surface area contributed by atoms with Crippen LogP contribution in [0.5, 0.6) is 11.5 Å². The number of nitrogens with zero attached hydrogens (tertiary/aromatic N) is 3. The molecule has 0 radical (unpaired) electrons. The average Bonchev–Trinajstić information content (AvgIpc) is 3.54. The SMILES string of the molecule is c1ccc(-c2nc(-c3ccc4ccccc4c3)nc(-c3ccccc3-c3ccc4c(c3)C3(c5ccccc5O4)c4ccccc4-c4ccccc43)n2)cc1. The van der Waals surface area contributed by atoms with Gasteiger partial charge < -0.3 is 4.74 Å². The summed E-state index contributed by atoms with van der Waals surface area (Å²) in [7, 11) is 0. The summed E-state index contributed by atoms with van der Waals surface area (Å²) in [5.41, 5.74) is 11.6. The zero-order chi connectivity index (χ0) is 35.6. The highest BCUT2D eigenvalue weighted by atomic mass is 16.5. The van der Waals surface area contributed by atoms with Crippen LogP contribution in [0.4, 0.5) is 0 Å². The van der Waals surface area contributed by atoms with E-state index in [-0.39, 0.29) is 0 Å². The summed E-state index contributed by atoms with van der Waals surface area (Å²) in [4.78, 5) is 15.4. The van der Waals surface area contributed by atoms with Gasteiger partial charge in [0, 0.05) is 27.8 Å². The van der Waals surface area contributed by atoms with Gasteiger partial charge in [0.15, 0.2) is 17.5 Å².